The lowest BCUT2D eigenvalue weighted by molar-refractivity contribution is 0.684. The lowest BCUT2D eigenvalue weighted by Gasteiger charge is -2.05. The summed E-state index contributed by atoms with van der Waals surface area (Å²) in [6.07, 6.45) is 2.84. The van der Waals surface area contributed by atoms with E-state index in [0.29, 0.717) is 5.02 Å². The highest BCUT2D eigenvalue weighted by molar-refractivity contribution is 7.21. The highest BCUT2D eigenvalue weighted by Crippen LogP contribution is 2.33. The molecule has 23 heavy (non-hydrogen) atoms. The predicted octanol–water partition coefficient (Wildman–Crippen LogP) is 5.82. The first-order chi connectivity index (χ1) is 11.1. The van der Waals surface area contributed by atoms with Crippen molar-refractivity contribution >= 4 is 45.9 Å². The minimum Gasteiger partial charge on any atom is -0.310 e. The van der Waals surface area contributed by atoms with Crippen molar-refractivity contribution in [3.63, 3.8) is 0 Å². The fourth-order valence-electron chi connectivity index (χ4n) is 2.26. The number of benzene rings is 1. The SMILES string of the molecule is Cc1ccsc1-c1cnc(CNCCc2ccc(Cl)cc2Cl)s1. The lowest BCUT2D eigenvalue weighted by atomic mass is 10.1. The predicted molar refractivity (Wildman–Crippen MR) is 102 cm³/mol. The smallest absolute Gasteiger partial charge is 0.107 e. The number of thiophene rings is 1. The van der Waals surface area contributed by atoms with Crippen molar-refractivity contribution < 1.29 is 0 Å². The van der Waals surface area contributed by atoms with Gasteiger partial charge in [-0.15, -0.1) is 22.7 Å². The molecule has 0 bridgehead atoms. The molecule has 0 aliphatic carbocycles. The standard InChI is InChI=1S/C17H16Cl2N2S2/c1-11-5-7-22-17(11)15-9-21-16(23-15)10-20-6-4-12-2-3-13(18)8-14(12)19/h2-3,5,7-9,20H,4,6,10H2,1H3. The van der Waals surface area contributed by atoms with Crippen LogP contribution in [0.2, 0.25) is 10.0 Å². The van der Waals surface area contributed by atoms with Crippen LogP contribution < -0.4 is 5.32 Å². The molecule has 0 spiro atoms. The van der Waals surface area contributed by atoms with Crippen molar-refractivity contribution in [1.82, 2.24) is 10.3 Å². The van der Waals surface area contributed by atoms with Gasteiger partial charge in [0.25, 0.3) is 0 Å². The molecule has 3 rings (SSSR count). The fraction of sp³-hybridized carbons (Fsp3) is 0.235. The summed E-state index contributed by atoms with van der Waals surface area (Å²) in [5, 5.41) is 8.05. The number of rotatable bonds is 6. The number of aryl methyl sites for hydroxylation is 1. The molecule has 0 atom stereocenters. The molecule has 0 aliphatic rings. The van der Waals surface area contributed by atoms with Crippen LogP contribution in [0.5, 0.6) is 0 Å². The van der Waals surface area contributed by atoms with Gasteiger partial charge in [0.15, 0.2) is 0 Å². The van der Waals surface area contributed by atoms with Crippen molar-refractivity contribution in [3.8, 4) is 9.75 Å². The first-order valence-corrected chi connectivity index (χ1v) is 9.72. The van der Waals surface area contributed by atoms with E-state index in [2.05, 4.69) is 28.7 Å². The van der Waals surface area contributed by atoms with Crippen LogP contribution in [-0.2, 0) is 13.0 Å². The summed E-state index contributed by atoms with van der Waals surface area (Å²) in [6, 6.07) is 7.79. The third-order valence-electron chi connectivity index (χ3n) is 3.50. The molecule has 1 N–H and O–H groups in total. The number of hydrogen-bond donors (Lipinski definition) is 1. The molecule has 0 aliphatic heterocycles. The van der Waals surface area contributed by atoms with E-state index in [9.17, 15) is 0 Å². The normalized spacial score (nSPS) is 11.1. The summed E-state index contributed by atoms with van der Waals surface area (Å²) in [6.45, 7) is 3.77. The molecule has 6 heteroatoms. The van der Waals surface area contributed by atoms with Gasteiger partial charge in [0.05, 0.1) is 4.88 Å². The minimum atomic E-state index is 0.672. The molecule has 120 valence electrons. The Labute approximate surface area is 154 Å². The first-order valence-electron chi connectivity index (χ1n) is 7.27. The average Bonchev–Trinajstić information content (AvgIpc) is 3.14. The molecule has 0 amide bonds. The summed E-state index contributed by atoms with van der Waals surface area (Å²) in [5.74, 6) is 0. The topological polar surface area (TPSA) is 24.9 Å². The molecule has 0 fully saturated rings. The van der Waals surface area contributed by atoms with Gasteiger partial charge in [0.1, 0.15) is 5.01 Å². The second-order valence-corrected chi connectivity index (χ2v) is 8.09. The molecule has 2 heterocycles. The minimum absolute atomic E-state index is 0.672. The maximum Gasteiger partial charge on any atom is 0.107 e. The monoisotopic (exact) mass is 382 g/mol. The van der Waals surface area contributed by atoms with E-state index < -0.39 is 0 Å². The van der Waals surface area contributed by atoms with E-state index in [-0.39, 0.29) is 0 Å². The van der Waals surface area contributed by atoms with Gasteiger partial charge in [-0.2, -0.15) is 0 Å². The Kier molecular flexibility index (Phi) is 5.72. The molecular formula is C17H16Cl2N2S2. The van der Waals surface area contributed by atoms with Crippen molar-refractivity contribution in [2.75, 3.05) is 6.54 Å². The molecular weight excluding hydrogens is 367 g/mol. The second-order valence-electron chi connectivity index (χ2n) is 5.21. The number of hydrogen-bond acceptors (Lipinski definition) is 4. The number of aromatic nitrogens is 1. The second kappa shape index (κ2) is 7.77. The van der Waals surface area contributed by atoms with Gasteiger partial charge in [0, 0.05) is 27.7 Å². The number of nitrogens with one attached hydrogen (secondary N) is 1. The van der Waals surface area contributed by atoms with Crippen molar-refractivity contribution in [1.29, 1.82) is 0 Å². The maximum absolute atomic E-state index is 6.18. The van der Waals surface area contributed by atoms with Crippen molar-refractivity contribution in [2.45, 2.75) is 19.9 Å². The van der Waals surface area contributed by atoms with Gasteiger partial charge < -0.3 is 5.32 Å². The zero-order valence-electron chi connectivity index (χ0n) is 12.6. The van der Waals surface area contributed by atoms with E-state index in [0.717, 1.165) is 35.1 Å². The number of thiazole rings is 1. The number of nitrogens with zero attached hydrogens (tertiary/aromatic N) is 1. The van der Waals surface area contributed by atoms with Crippen molar-refractivity contribution in [3.05, 3.63) is 62.0 Å². The Balaban J connectivity index is 1.51. The molecule has 0 saturated carbocycles. The Hall–Kier alpha value is -0.910. The zero-order chi connectivity index (χ0) is 16.2. The molecule has 0 unspecified atom stereocenters. The summed E-state index contributed by atoms with van der Waals surface area (Å²) in [4.78, 5) is 7.07. The molecule has 2 aromatic heterocycles. The maximum atomic E-state index is 6.18. The zero-order valence-corrected chi connectivity index (χ0v) is 15.7. The van der Waals surface area contributed by atoms with Crippen molar-refractivity contribution in [2.24, 2.45) is 0 Å². The number of halogens is 2. The highest BCUT2D eigenvalue weighted by atomic mass is 35.5. The van der Waals surface area contributed by atoms with E-state index in [4.69, 9.17) is 23.2 Å². The molecule has 2 nitrogen and oxygen atoms in total. The Bertz CT molecular complexity index is 795. The average molecular weight is 383 g/mol. The van der Waals surface area contributed by atoms with E-state index in [1.54, 1.807) is 28.7 Å². The quantitative estimate of drug-likeness (QED) is 0.543. The van der Waals surface area contributed by atoms with Crippen LogP contribution in [0.15, 0.2) is 35.8 Å². The van der Waals surface area contributed by atoms with Gasteiger partial charge in [-0.3, -0.25) is 0 Å². The van der Waals surface area contributed by atoms with E-state index in [1.807, 2.05) is 18.3 Å². The van der Waals surface area contributed by atoms with Crippen LogP contribution in [0, 0.1) is 6.92 Å². The summed E-state index contributed by atoms with van der Waals surface area (Å²) in [7, 11) is 0. The van der Waals surface area contributed by atoms with Crippen LogP contribution in [-0.4, -0.2) is 11.5 Å². The largest absolute Gasteiger partial charge is 0.310 e. The Morgan fingerprint density at radius 3 is 2.83 bits per heavy atom. The third kappa shape index (κ3) is 4.34. The van der Waals surface area contributed by atoms with Crippen LogP contribution in [0.4, 0.5) is 0 Å². The summed E-state index contributed by atoms with van der Waals surface area (Å²) < 4.78 is 0. The molecule has 0 saturated heterocycles. The van der Waals surface area contributed by atoms with Crippen LogP contribution >= 0.6 is 45.9 Å². The van der Waals surface area contributed by atoms with E-state index in [1.165, 1.54) is 15.3 Å². The van der Waals surface area contributed by atoms with Gasteiger partial charge in [0.2, 0.25) is 0 Å². The molecule has 0 radical (unpaired) electrons. The van der Waals surface area contributed by atoms with Gasteiger partial charge in [-0.1, -0.05) is 29.3 Å². The highest BCUT2D eigenvalue weighted by Gasteiger charge is 2.08. The Morgan fingerprint density at radius 2 is 2.09 bits per heavy atom. The summed E-state index contributed by atoms with van der Waals surface area (Å²) >= 11 is 15.6. The van der Waals surface area contributed by atoms with E-state index >= 15 is 0 Å². The summed E-state index contributed by atoms with van der Waals surface area (Å²) in [5.41, 5.74) is 2.42. The molecule has 3 aromatic rings. The third-order valence-corrected chi connectivity index (χ3v) is 6.28. The van der Waals surface area contributed by atoms with Crippen LogP contribution in [0.1, 0.15) is 16.1 Å². The van der Waals surface area contributed by atoms with Gasteiger partial charge in [-0.25, -0.2) is 4.98 Å². The fourth-order valence-corrected chi connectivity index (χ4v) is 4.76. The lowest BCUT2D eigenvalue weighted by Crippen LogP contribution is -2.16. The van der Waals surface area contributed by atoms with Gasteiger partial charge in [-0.05, 0) is 54.6 Å². The van der Waals surface area contributed by atoms with Crippen LogP contribution in [0.25, 0.3) is 9.75 Å². The molecule has 1 aromatic carbocycles. The van der Waals surface area contributed by atoms with Gasteiger partial charge >= 0.3 is 0 Å². The Morgan fingerprint density at radius 1 is 1.22 bits per heavy atom. The first kappa shape index (κ1) is 16.9. The van der Waals surface area contributed by atoms with Crippen LogP contribution in [0.3, 0.4) is 0 Å².